The van der Waals surface area contributed by atoms with Crippen LogP contribution in [0.1, 0.15) is 41.5 Å². The third kappa shape index (κ3) is 3.74. The van der Waals surface area contributed by atoms with Gasteiger partial charge in [0.15, 0.2) is 0 Å². The molecule has 2 heteroatoms. The van der Waals surface area contributed by atoms with Crippen LogP contribution in [0.4, 0.5) is 0 Å². The number of amides is 1. The number of carbonyl (C=O) groups excluding carboxylic acids is 1. The number of carbonyl (C=O) groups is 1. The van der Waals surface area contributed by atoms with Gasteiger partial charge in [-0.1, -0.05) is 34.6 Å². The molecule has 0 aliphatic rings. The highest BCUT2D eigenvalue weighted by Crippen LogP contribution is 2.24. The van der Waals surface area contributed by atoms with Crippen molar-refractivity contribution in [2.45, 2.75) is 47.6 Å². The first-order chi connectivity index (χ1) is 5.25. The molecule has 1 N–H and O–H groups in total. The standard InChI is InChI=1S/C10H21NO/c1-7(2)9(10(4,5)6)11-8(3)12/h7,9H,1-6H3,(H,11,12)/t9-/m1/s1. The summed E-state index contributed by atoms with van der Waals surface area (Å²) in [7, 11) is 0. The molecule has 0 aliphatic heterocycles. The van der Waals surface area contributed by atoms with Crippen LogP contribution in [-0.4, -0.2) is 11.9 Å². The molecule has 0 aromatic heterocycles. The Morgan fingerprint density at radius 3 is 1.75 bits per heavy atom. The van der Waals surface area contributed by atoms with Crippen LogP contribution in [-0.2, 0) is 4.79 Å². The van der Waals surface area contributed by atoms with Crippen molar-refractivity contribution in [2.75, 3.05) is 0 Å². The fourth-order valence-corrected chi connectivity index (χ4v) is 1.60. The zero-order valence-electron chi connectivity index (χ0n) is 9.06. The minimum atomic E-state index is 0.0589. The van der Waals surface area contributed by atoms with Gasteiger partial charge in [0.1, 0.15) is 0 Å². The topological polar surface area (TPSA) is 29.1 Å². The van der Waals surface area contributed by atoms with Gasteiger partial charge in [0.2, 0.25) is 5.91 Å². The van der Waals surface area contributed by atoms with E-state index in [0.717, 1.165) is 0 Å². The molecule has 0 rings (SSSR count). The summed E-state index contributed by atoms with van der Waals surface area (Å²) in [4.78, 5) is 10.9. The molecule has 0 saturated carbocycles. The van der Waals surface area contributed by atoms with Crippen LogP contribution in [0.15, 0.2) is 0 Å². The molecule has 0 fully saturated rings. The molecule has 0 aromatic carbocycles. The van der Waals surface area contributed by atoms with Gasteiger partial charge in [0.25, 0.3) is 0 Å². The van der Waals surface area contributed by atoms with E-state index in [2.05, 4.69) is 39.9 Å². The Kier molecular flexibility index (Phi) is 3.75. The Morgan fingerprint density at radius 2 is 1.67 bits per heavy atom. The van der Waals surface area contributed by atoms with Crippen LogP contribution >= 0.6 is 0 Å². The molecule has 0 saturated heterocycles. The molecule has 2 nitrogen and oxygen atoms in total. The highest BCUT2D eigenvalue weighted by molar-refractivity contribution is 5.73. The van der Waals surface area contributed by atoms with Gasteiger partial charge >= 0.3 is 0 Å². The summed E-state index contributed by atoms with van der Waals surface area (Å²) < 4.78 is 0. The Morgan fingerprint density at radius 1 is 1.25 bits per heavy atom. The van der Waals surface area contributed by atoms with Crippen molar-refractivity contribution in [1.82, 2.24) is 5.32 Å². The van der Waals surface area contributed by atoms with Gasteiger partial charge in [-0.3, -0.25) is 4.79 Å². The molecule has 12 heavy (non-hydrogen) atoms. The second kappa shape index (κ2) is 3.92. The lowest BCUT2D eigenvalue weighted by atomic mass is 9.80. The van der Waals surface area contributed by atoms with E-state index >= 15 is 0 Å². The van der Waals surface area contributed by atoms with Crippen molar-refractivity contribution >= 4 is 5.91 Å². The maximum Gasteiger partial charge on any atom is 0.217 e. The van der Waals surface area contributed by atoms with E-state index in [-0.39, 0.29) is 17.4 Å². The SMILES string of the molecule is CC(=O)N[C@H](C(C)C)C(C)(C)C. The van der Waals surface area contributed by atoms with E-state index in [4.69, 9.17) is 0 Å². The van der Waals surface area contributed by atoms with E-state index in [9.17, 15) is 4.79 Å². The quantitative estimate of drug-likeness (QED) is 0.678. The number of hydrogen-bond acceptors (Lipinski definition) is 1. The molecule has 0 radical (unpaired) electrons. The van der Waals surface area contributed by atoms with Gasteiger partial charge in [-0.15, -0.1) is 0 Å². The van der Waals surface area contributed by atoms with Gasteiger partial charge in [-0.2, -0.15) is 0 Å². The Labute approximate surface area is 75.7 Å². The van der Waals surface area contributed by atoms with Crippen molar-refractivity contribution in [1.29, 1.82) is 0 Å². The normalized spacial score (nSPS) is 14.6. The highest BCUT2D eigenvalue weighted by Gasteiger charge is 2.27. The average Bonchev–Trinajstić information content (AvgIpc) is 1.79. The number of nitrogens with one attached hydrogen (secondary N) is 1. The summed E-state index contributed by atoms with van der Waals surface area (Å²) in [6.45, 7) is 12.3. The first kappa shape index (κ1) is 11.5. The molecule has 0 bridgehead atoms. The molecule has 0 spiro atoms. The Balaban J connectivity index is 4.35. The van der Waals surface area contributed by atoms with E-state index in [0.29, 0.717) is 5.92 Å². The van der Waals surface area contributed by atoms with Crippen molar-refractivity contribution < 1.29 is 4.79 Å². The highest BCUT2D eigenvalue weighted by atomic mass is 16.1. The average molecular weight is 171 g/mol. The third-order valence-corrected chi connectivity index (χ3v) is 1.96. The van der Waals surface area contributed by atoms with Gasteiger partial charge in [-0.25, -0.2) is 0 Å². The molecular weight excluding hydrogens is 150 g/mol. The summed E-state index contributed by atoms with van der Waals surface area (Å²) >= 11 is 0. The fraction of sp³-hybridized carbons (Fsp3) is 0.900. The second-order valence-electron chi connectivity index (χ2n) is 4.79. The summed E-state index contributed by atoms with van der Waals surface area (Å²) in [6, 6.07) is 0.259. The third-order valence-electron chi connectivity index (χ3n) is 1.96. The zero-order valence-corrected chi connectivity index (χ0v) is 9.06. The van der Waals surface area contributed by atoms with Crippen molar-refractivity contribution in [3.8, 4) is 0 Å². The molecule has 1 amide bonds. The maximum atomic E-state index is 10.9. The second-order valence-corrected chi connectivity index (χ2v) is 4.79. The summed E-state index contributed by atoms with van der Waals surface area (Å²) in [5.41, 5.74) is 0.139. The van der Waals surface area contributed by atoms with Crippen LogP contribution in [0, 0.1) is 11.3 Å². The fourth-order valence-electron chi connectivity index (χ4n) is 1.60. The van der Waals surface area contributed by atoms with Crippen molar-refractivity contribution in [3.05, 3.63) is 0 Å². The van der Waals surface area contributed by atoms with E-state index in [1.165, 1.54) is 0 Å². The summed E-state index contributed by atoms with van der Waals surface area (Å²) in [5, 5.41) is 2.98. The van der Waals surface area contributed by atoms with Crippen LogP contribution < -0.4 is 5.32 Å². The van der Waals surface area contributed by atoms with Gasteiger partial charge in [0, 0.05) is 13.0 Å². The first-order valence-corrected chi connectivity index (χ1v) is 4.52. The van der Waals surface area contributed by atoms with Crippen LogP contribution in [0.3, 0.4) is 0 Å². The predicted molar refractivity (Wildman–Crippen MR) is 51.9 cm³/mol. The zero-order chi connectivity index (χ0) is 9.94. The van der Waals surface area contributed by atoms with Gasteiger partial charge in [-0.05, 0) is 11.3 Å². The molecule has 0 heterocycles. The smallest absolute Gasteiger partial charge is 0.217 e. The molecule has 0 unspecified atom stereocenters. The van der Waals surface area contributed by atoms with E-state index < -0.39 is 0 Å². The van der Waals surface area contributed by atoms with Gasteiger partial charge in [0.05, 0.1) is 0 Å². The molecule has 1 atom stereocenters. The molecule has 0 aliphatic carbocycles. The molecular formula is C10H21NO. The lowest BCUT2D eigenvalue weighted by molar-refractivity contribution is -0.120. The number of rotatable bonds is 2. The van der Waals surface area contributed by atoms with Crippen LogP contribution in [0.25, 0.3) is 0 Å². The number of hydrogen-bond donors (Lipinski definition) is 1. The Bertz CT molecular complexity index is 156. The maximum absolute atomic E-state index is 10.9. The van der Waals surface area contributed by atoms with Crippen molar-refractivity contribution in [3.63, 3.8) is 0 Å². The lowest BCUT2D eigenvalue weighted by Gasteiger charge is -2.34. The van der Waals surface area contributed by atoms with E-state index in [1.807, 2.05) is 0 Å². The lowest BCUT2D eigenvalue weighted by Crippen LogP contribution is -2.46. The first-order valence-electron chi connectivity index (χ1n) is 4.52. The van der Waals surface area contributed by atoms with E-state index in [1.54, 1.807) is 6.92 Å². The monoisotopic (exact) mass is 171 g/mol. The van der Waals surface area contributed by atoms with Crippen molar-refractivity contribution in [2.24, 2.45) is 11.3 Å². The molecule has 72 valence electrons. The van der Waals surface area contributed by atoms with Gasteiger partial charge < -0.3 is 5.32 Å². The summed E-state index contributed by atoms with van der Waals surface area (Å²) in [5.74, 6) is 0.539. The summed E-state index contributed by atoms with van der Waals surface area (Å²) in [6.07, 6.45) is 0. The van der Waals surface area contributed by atoms with Crippen LogP contribution in [0.5, 0.6) is 0 Å². The minimum Gasteiger partial charge on any atom is -0.353 e. The Hall–Kier alpha value is -0.530. The minimum absolute atomic E-state index is 0.0589. The molecule has 0 aromatic rings. The largest absolute Gasteiger partial charge is 0.353 e. The predicted octanol–water partition coefficient (Wildman–Crippen LogP) is 2.19. The van der Waals surface area contributed by atoms with Crippen LogP contribution in [0.2, 0.25) is 0 Å².